The third-order valence-electron chi connectivity index (χ3n) is 4.38. The van der Waals surface area contributed by atoms with Crippen LogP contribution in [0.5, 0.6) is 5.75 Å². The number of carbonyl (C=O) groups excluding carboxylic acids is 2. The van der Waals surface area contributed by atoms with Crippen molar-refractivity contribution >= 4 is 17.5 Å². The van der Waals surface area contributed by atoms with Crippen molar-refractivity contribution in [3.63, 3.8) is 0 Å². The number of aromatic nitrogens is 2. The lowest BCUT2D eigenvalue weighted by Gasteiger charge is -2.18. The van der Waals surface area contributed by atoms with Gasteiger partial charge in [-0.3, -0.25) is 14.3 Å². The summed E-state index contributed by atoms with van der Waals surface area (Å²) in [5.41, 5.74) is 2.19. The van der Waals surface area contributed by atoms with Crippen molar-refractivity contribution in [1.82, 2.24) is 9.78 Å². The highest BCUT2D eigenvalue weighted by atomic mass is 16.5. The zero-order valence-corrected chi connectivity index (χ0v) is 14.3. The van der Waals surface area contributed by atoms with E-state index in [0.717, 1.165) is 12.2 Å². The average Bonchev–Trinajstić information content (AvgIpc) is 3.23. The van der Waals surface area contributed by atoms with Gasteiger partial charge in [0.25, 0.3) is 11.8 Å². The number of imide groups is 1. The fourth-order valence-corrected chi connectivity index (χ4v) is 3.09. The monoisotopic (exact) mass is 347 g/mol. The molecule has 0 unspecified atom stereocenters. The van der Waals surface area contributed by atoms with E-state index in [1.165, 1.54) is 4.90 Å². The first kappa shape index (κ1) is 16.1. The molecule has 26 heavy (non-hydrogen) atoms. The normalized spacial score (nSPS) is 13.2. The molecule has 130 valence electrons. The van der Waals surface area contributed by atoms with Gasteiger partial charge in [0.05, 0.1) is 22.5 Å². The first-order chi connectivity index (χ1) is 12.7. The smallest absolute Gasteiger partial charge is 0.266 e. The Morgan fingerprint density at radius 3 is 2.27 bits per heavy atom. The molecule has 1 aliphatic heterocycles. The molecular weight excluding hydrogens is 330 g/mol. The maximum Gasteiger partial charge on any atom is 0.266 e. The maximum absolute atomic E-state index is 12.7. The molecule has 0 radical (unpaired) electrons. The Hall–Kier alpha value is -3.41. The topological polar surface area (TPSA) is 64.4 Å². The summed E-state index contributed by atoms with van der Waals surface area (Å²) in [4.78, 5) is 26.6. The number of aryl methyl sites for hydroxylation is 1. The van der Waals surface area contributed by atoms with Gasteiger partial charge in [0.15, 0.2) is 0 Å². The number of hydrogen-bond acceptors (Lipinski definition) is 4. The zero-order valence-electron chi connectivity index (χ0n) is 14.3. The first-order valence-corrected chi connectivity index (χ1v) is 8.41. The molecule has 0 aliphatic carbocycles. The van der Waals surface area contributed by atoms with Crippen molar-refractivity contribution in [1.29, 1.82) is 0 Å². The molecule has 0 atom stereocenters. The second-order valence-electron chi connectivity index (χ2n) is 5.89. The number of ether oxygens (including phenoxy) is 1. The van der Waals surface area contributed by atoms with Crippen LogP contribution in [0, 0.1) is 0 Å². The van der Waals surface area contributed by atoms with E-state index in [9.17, 15) is 9.59 Å². The number of benzene rings is 2. The van der Waals surface area contributed by atoms with Crippen LogP contribution >= 0.6 is 0 Å². The quantitative estimate of drug-likeness (QED) is 0.665. The lowest BCUT2D eigenvalue weighted by atomic mass is 10.1. The van der Waals surface area contributed by atoms with E-state index in [4.69, 9.17) is 4.74 Å². The third-order valence-corrected chi connectivity index (χ3v) is 4.38. The molecule has 2 aromatic carbocycles. The first-order valence-electron chi connectivity index (χ1n) is 8.41. The summed E-state index contributed by atoms with van der Waals surface area (Å²) in [6, 6.07) is 15.8. The predicted molar refractivity (Wildman–Crippen MR) is 96.3 cm³/mol. The van der Waals surface area contributed by atoms with Crippen molar-refractivity contribution in [2.24, 2.45) is 0 Å². The lowest BCUT2D eigenvalue weighted by molar-refractivity contribution is 0.0924. The Balaban J connectivity index is 1.65. The van der Waals surface area contributed by atoms with E-state index in [0.29, 0.717) is 29.2 Å². The second kappa shape index (κ2) is 6.48. The number of amides is 2. The molecule has 2 heterocycles. The van der Waals surface area contributed by atoms with Crippen LogP contribution in [0.15, 0.2) is 60.8 Å². The van der Waals surface area contributed by atoms with E-state index >= 15 is 0 Å². The number of rotatable bonds is 5. The van der Waals surface area contributed by atoms with Crippen LogP contribution in [0.3, 0.4) is 0 Å². The van der Waals surface area contributed by atoms with Crippen molar-refractivity contribution in [2.45, 2.75) is 20.1 Å². The fraction of sp³-hybridized carbons (Fsp3) is 0.150. The number of anilines is 1. The van der Waals surface area contributed by atoms with Crippen LogP contribution in [0.2, 0.25) is 0 Å². The van der Waals surface area contributed by atoms with E-state index < -0.39 is 0 Å². The summed E-state index contributed by atoms with van der Waals surface area (Å²) >= 11 is 0. The number of carbonyl (C=O) groups is 2. The molecule has 0 N–H and O–H groups in total. The standard InChI is InChI=1S/C20H17N3O3/c1-2-22-14(11-12-21-22)13-26-18-10-6-5-9-17(18)23-19(24)15-7-3-4-8-16(15)20(23)25/h3-12H,2,13H2,1H3. The van der Waals surface area contributed by atoms with Gasteiger partial charge in [0, 0.05) is 12.7 Å². The molecule has 0 saturated carbocycles. The molecule has 1 aromatic heterocycles. The Morgan fingerprint density at radius 1 is 0.923 bits per heavy atom. The largest absolute Gasteiger partial charge is 0.485 e. The summed E-state index contributed by atoms with van der Waals surface area (Å²) < 4.78 is 7.76. The summed E-state index contributed by atoms with van der Waals surface area (Å²) in [5, 5.41) is 4.22. The van der Waals surface area contributed by atoms with Crippen LogP contribution in [-0.2, 0) is 13.2 Å². The summed E-state index contributed by atoms with van der Waals surface area (Å²) in [7, 11) is 0. The minimum absolute atomic E-state index is 0.300. The van der Waals surface area contributed by atoms with Crippen molar-refractivity contribution in [2.75, 3.05) is 4.90 Å². The number of fused-ring (bicyclic) bond motifs is 1. The highest BCUT2D eigenvalue weighted by molar-refractivity contribution is 6.34. The molecular formula is C20H17N3O3. The van der Waals surface area contributed by atoms with Crippen LogP contribution < -0.4 is 9.64 Å². The van der Waals surface area contributed by atoms with Crippen molar-refractivity contribution in [3.8, 4) is 5.75 Å². The molecule has 0 bridgehead atoms. The van der Waals surface area contributed by atoms with Crippen LogP contribution in [0.25, 0.3) is 0 Å². The molecule has 4 rings (SSSR count). The van der Waals surface area contributed by atoms with E-state index in [2.05, 4.69) is 5.10 Å². The highest BCUT2D eigenvalue weighted by Gasteiger charge is 2.37. The molecule has 0 fully saturated rings. The molecule has 1 aliphatic rings. The van der Waals surface area contributed by atoms with Crippen LogP contribution in [-0.4, -0.2) is 21.6 Å². The van der Waals surface area contributed by atoms with Gasteiger partial charge in [-0.1, -0.05) is 24.3 Å². The summed E-state index contributed by atoms with van der Waals surface area (Å²) in [5.74, 6) is -0.189. The minimum Gasteiger partial charge on any atom is -0.485 e. The van der Waals surface area contributed by atoms with Crippen molar-refractivity contribution in [3.05, 3.63) is 77.6 Å². The van der Waals surface area contributed by atoms with E-state index in [-0.39, 0.29) is 11.8 Å². The number of para-hydroxylation sites is 2. The van der Waals surface area contributed by atoms with Gasteiger partial charge in [0.2, 0.25) is 0 Å². The summed E-state index contributed by atoms with van der Waals surface area (Å²) in [6.07, 6.45) is 1.72. The highest BCUT2D eigenvalue weighted by Crippen LogP contribution is 2.35. The van der Waals surface area contributed by atoms with Crippen LogP contribution in [0.1, 0.15) is 33.3 Å². The van der Waals surface area contributed by atoms with Gasteiger partial charge in [-0.15, -0.1) is 0 Å². The Kier molecular flexibility index (Phi) is 4.01. The predicted octanol–water partition coefficient (Wildman–Crippen LogP) is 3.28. The molecule has 6 heteroatoms. The number of nitrogens with zero attached hydrogens (tertiary/aromatic N) is 3. The van der Waals surface area contributed by atoms with Crippen LogP contribution in [0.4, 0.5) is 5.69 Å². The summed E-state index contributed by atoms with van der Waals surface area (Å²) in [6.45, 7) is 3.04. The molecule has 3 aromatic rings. The van der Waals surface area contributed by atoms with Gasteiger partial charge >= 0.3 is 0 Å². The van der Waals surface area contributed by atoms with Gasteiger partial charge in [0.1, 0.15) is 12.4 Å². The van der Waals surface area contributed by atoms with E-state index in [1.54, 1.807) is 48.7 Å². The average molecular weight is 347 g/mol. The maximum atomic E-state index is 12.7. The van der Waals surface area contributed by atoms with Gasteiger partial charge in [-0.05, 0) is 37.3 Å². The lowest BCUT2D eigenvalue weighted by Crippen LogP contribution is -2.29. The van der Waals surface area contributed by atoms with Gasteiger partial charge in [-0.2, -0.15) is 5.10 Å². The Morgan fingerprint density at radius 2 is 1.58 bits per heavy atom. The third kappa shape index (κ3) is 2.56. The Bertz CT molecular complexity index is 958. The zero-order chi connectivity index (χ0) is 18.1. The SMILES string of the molecule is CCn1nccc1COc1ccccc1N1C(=O)c2ccccc2C1=O. The van der Waals surface area contributed by atoms with Crippen molar-refractivity contribution < 1.29 is 14.3 Å². The second-order valence-corrected chi connectivity index (χ2v) is 5.89. The minimum atomic E-state index is -0.333. The fourth-order valence-electron chi connectivity index (χ4n) is 3.09. The molecule has 2 amide bonds. The van der Waals surface area contributed by atoms with Gasteiger partial charge in [-0.25, -0.2) is 4.90 Å². The molecule has 6 nitrogen and oxygen atoms in total. The molecule has 0 saturated heterocycles. The number of hydrogen-bond donors (Lipinski definition) is 0. The van der Waals surface area contributed by atoms with Gasteiger partial charge < -0.3 is 4.74 Å². The molecule has 0 spiro atoms. The van der Waals surface area contributed by atoms with E-state index in [1.807, 2.05) is 23.7 Å². The Labute approximate surface area is 150 Å².